The average Bonchev–Trinajstić information content (AvgIpc) is 2.09. The van der Waals surface area contributed by atoms with Gasteiger partial charge in [-0.15, -0.1) is 6.42 Å². The van der Waals surface area contributed by atoms with Crippen LogP contribution in [0.4, 0.5) is 0 Å². The molecule has 0 radical (unpaired) electrons. The number of carbonyl (C=O) groups is 1. The molecular formula is C9H14N2O. The molecular weight excluding hydrogens is 152 g/mol. The van der Waals surface area contributed by atoms with Crippen LogP contribution in [0.5, 0.6) is 0 Å². The molecule has 0 aromatic rings. The number of hydrogen-bond donors (Lipinski definition) is 1. The Hall–Kier alpha value is -1.01. The second kappa shape index (κ2) is 4.13. The molecule has 1 saturated heterocycles. The van der Waals surface area contributed by atoms with Crippen LogP contribution < -0.4 is 5.73 Å². The maximum atomic E-state index is 11.2. The first kappa shape index (κ1) is 9.08. The van der Waals surface area contributed by atoms with Gasteiger partial charge in [-0.2, -0.15) is 0 Å². The molecule has 0 aliphatic carbocycles. The van der Waals surface area contributed by atoms with E-state index in [1.165, 1.54) is 0 Å². The lowest BCUT2D eigenvalue weighted by atomic mass is 9.98. The predicted molar refractivity (Wildman–Crippen MR) is 47.2 cm³/mol. The Morgan fingerprint density at radius 3 is 3.08 bits per heavy atom. The van der Waals surface area contributed by atoms with E-state index in [4.69, 9.17) is 12.2 Å². The van der Waals surface area contributed by atoms with Crippen LogP contribution in [0.2, 0.25) is 0 Å². The van der Waals surface area contributed by atoms with Gasteiger partial charge < -0.3 is 10.6 Å². The molecule has 1 aliphatic heterocycles. The van der Waals surface area contributed by atoms with E-state index in [1.807, 2.05) is 0 Å². The lowest BCUT2D eigenvalue weighted by Crippen LogP contribution is -2.42. The molecule has 2 N–H and O–H groups in total. The minimum atomic E-state index is 0.164. The van der Waals surface area contributed by atoms with Crippen LogP contribution in [0.3, 0.4) is 0 Å². The molecule has 3 nitrogen and oxygen atoms in total. The van der Waals surface area contributed by atoms with Crippen molar-refractivity contribution in [2.75, 3.05) is 19.6 Å². The van der Waals surface area contributed by atoms with Gasteiger partial charge in [-0.25, -0.2) is 0 Å². The molecule has 1 unspecified atom stereocenters. The van der Waals surface area contributed by atoms with E-state index in [0.717, 1.165) is 13.0 Å². The molecule has 0 saturated carbocycles. The van der Waals surface area contributed by atoms with Crippen LogP contribution in [0.1, 0.15) is 12.8 Å². The molecule has 0 aromatic heterocycles. The van der Waals surface area contributed by atoms with Gasteiger partial charge >= 0.3 is 0 Å². The third-order valence-corrected chi connectivity index (χ3v) is 2.21. The first-order valence-electron chi connectivity index (χ1n) is 4.19. The van der Waals surface area contributed by atoms with Crippen molar-refractivity contribution in [3.05, 3.63) is 0 Å². The van der Waals surface area contributed by atoms with Gasteiger partial charge in [0.15, 0.2) is 0 Å². The van der Waals surface area contributed by atoms with E-state index in [1.54, 1.807) is 4.90 Å². The van der Waals surface area contributed by atoms with Gasteiger partial charge in [-0.3, -0.25) is 4.79 Å². The summed E-state index contributed by atoms with van der Waals surface area (Å²) in [5.74, 6) is 3.08. The number of rotatable bonds is 2. The number of piperidine rings is 1. The predicted octanol–water partition coefficient (Wildman–Crippen LogP) is -0.183. The van der Waals surface area contributed by atoms with E-state index in [9.17, 15) is 4.79 Å². The Morgan fingerprint density at radius 1 is 1.75 bits per heavy atom. The number of carbonyl (C=O) groups excluding carboxylic acids is 1. The fraction of sp³-hybridized carbons (Fsp3) is 0.667. The maximum Gasteiger partial charge on any atom is 0.223 e. The van der Waals surface area contributed by atoms with Gasteiger partial charge in [0.1, 0.15) is 0 Å². The van der Waals surface area contributed by atoms with Gasteiger partial charge in [0.25, 0.3) is 0 Å². The largest absolute Gasteiger partial charge is 0.331 e. The van der Waals surface area contributed by atoms with E-state index in [2.05, 4.69) is 5.92 Å². The number of hydrogen-bond acceptors (Lipinski definition) is 2. The standard InChI is InChI=1S/C9H14N2O/c1-2-5-11-7-8(6-10)3-4-9(11)12/h1,8H,3-7,10H2. The smallest absolute Gasteiger partial charge is 0.223 e. The van der Waals surface area contributed by atoms with Gasteiger partial charge in [-0.1, -0.05) is 5.92 Å². The number of nitrogens with two attached hydrogens (primary N) is 1. The zero-order valence-corrected chi connectivity index (χ0v) is 7.12. The molecule has 1 fully saturated rings. The summed E-state index contributed by atoms with van der Waals surface area (Å²) in [7, 11) is 0. The first-order valence-corrected chi connectivity index (χ1v) is 4.19. The summed E-state index contributed by atoms with van der Waals surface area (Å²) in [5, 5.41) is 0. The molecule has 1 rings (SSSR count). The number of terminal acetylenes is 1. The SMILES string of the molecule is C#CCN1CC(CN)CCC1=O. The van der Waals surface area contributed by atoms with Crippen LogP contribution in [0.25, 0.3) is 0 Å². The fourth-order valence-corrected chi connectivity index (χ4v) is 1.45. The molecule has 0 bridgehead atoms. The minimum Gasteiger partial charge on any atom is -0.331 e. The summed E-state index contributed by atoms with van der Waals surface area (Å²) in [6.07, 6.45) is 6.65. The second-order valence-electron chi connectivity index (χ2n) is 3.12. The summed E-state index contributed by atoms with van der Waals surface area (Å²) < 4.78 is 0. The molecule has 66 valence electrons. The molecule has 1 heterocycles. The van der Waals surface area contributed by atoms with Crippen molar-refractivity contribution < 1.29 is 4.79 Å². The van der Waals surface area contributed by atoms with E-state index in [0.29, 0.717) is 25.4 Å². The van der Waals surface area contributed by atoms with Crippen LogP contribution >= 0.6 is 0 Å². The first-order chi connectivity index (χ1) is 5.77. The van der Waals surface area contributed by atoms with Crippen LogP contribution in [-0.4, -0.2) is 30.4 Å². The molecule has 1 amide bonds. The minimum absolute atomic E-state index is 0.164. The summed E-state index contributed by atoms with van der Waals surface area (Å²) in [5.41, 5.74) is 5.52. The molecule has 0 aromatic carbocycles. The van der Waals surface area contributed by atoms with Gasteiger partial charge in [-0.05, 0) is 18.9 Å². The zero-order chi connectivity index (χ0) is 8.97. The Labute approximate surface area is 72.9 Å². The highest BCUT2D eigenvalue weighted by Gasteiger charge is 2.23. The third kappa shape index (κ3) is 1.99. The monoisotopic (exact) mass is 166 g/mol. The summed E-state index contributed by atoms with van der Waals surface area (Å²) in [6.45, 7) is 1.81. The van der Waals surface area contributed by atoms with Crippen molar-refractivity contribution in [3.63, 3.8) is 0 Å². The van der Waals surface area contributed by atoms with Gasteiger partial charge in [0.05, 0.1) is 6.54 Å². The molecule has 12 heavy (non-hydrogen) atoms. The fourth-order valence-electron chi connectivity index (χ4n) is 1.45. The van der Waals surface area contributed by atoms with Crippen LogP contribution in [-0.2, 0) is 4.79 Å². The van der Waals surface area contributed by atoms with E-state index in [-0.39, 0.29) is 5.91 Å². The Morgan fingerprint density at radius 2 is 2.50 bits per heavy atom. The highest BCUT2D eigenvalue weighted by atomic mass is 16.2. The third-order valence-electron chi connectivity index (χ3n) is 2.21. The lowest BCUT2D eigenvalue weighted by Gasteiger charge is -2.30. The van der Waals surface area contributed by atoms with Crippen molar-refractivity contribution in [3.8, 4) is 12.3 Å². The number of nitrogens with zero attached hydrogens (tertiary/aromatic N) is 1. The highest BCUT2D eigenvalue weighted by Crippen LogP contribution is 2.15. The maximum absolute atomic E-state index is 11.2. The Kier molecular flexibility index (Phi) is 3.12. The topological polar surface area (TPSA) is 46.3 Å². The summed E-state index contributed by atoms with van der Waals surface area (Å²) >= 11 is 0. The zero-order valence-electron chi connectivity index (χ0n) is 7.12. The second-order valence-corrected chi connectivity index (χ2v) is 3.12. The van der Waals surface area contributed by atoms with Crippen molar-refractivity contribution in [2.24, 2.45) is 11.7 Å². The quantitative estimate of drug-likeness (QED) is 0.578. The normalized spacial score (nSPS) is 23.8. The van der Waals surface area contributed by atoms with Crippen molar-refractivity contribution in [1.82, 2.24) is 4.90 Å². The number of amides is 1. The van der Waals surface area contributed by atoms with Gasteiger partial charge in [0.2, 0.25) is 5.91 Å². The van der Waals surface area contributed by atoms with Crippen molar-refractivity contribution >= 4 is 5.91 Å². The van der Waals surface area contributed by atoms with Crippen molar-refractivity contribution in [2.45, 2.75) is 12.8 Å². The Bertz CT molecular complexity index is 207. The van der Waals surface area contributed by atoms with Crippen molar-refractivity contribution in [1.29, 1.82) is 0 Å². The molecule has 3 heteroatoms. The van der Waals surface area contributed by atoms with E-state index < -0.39 is 0 Å². The summed E-state index contributed by atoms with van der Waals surface area (Å²) in [6, 6.07) is 0. The summed E-state index contributed by atoms with van der Waals surface area (Å²) in [4.78, 5) is 12.9. The Balaban J connectivity index is 2.48. The molecule has 1 aliphatic rings. The molecule has 0 spiro atoms. The highest BCUT2D eigenvalue weighted by molar-refractivity contribution is 5.77. The van der Waals surface area contributed by atoms with E-state index >= 15 is 0 Å². The van der Waals surface area contributed by atoms with Crippen LogP contribution in [0, 0.1) is 18.3 Å². The lowest BCUT2D eigenvalue weighted by molar-refractivity contribution is -0.133. The van der Waals surface area contributed by atoms with Gasteiger partial charge in [0, 0.05) is 13.0 Å². The molecule has 1 atom stereocenters. The number of likely N-dealkylation sites (tertiary alicyclic amines) is 1. The van der Waals surface area contributed by atoms with Crippen LogP contribution in [0.15, 0.2) is 0 Å². The average molecular weight is 166 g/mol.